The van der Waals surface area contributed by atoms with E-state index in [0.717, 1.165) is 16.3 Å². The lowest BCUT2D eigenvalue weighted by Crippen LogP contribution is -2.45. The van der Waals surface area contributed by atoms with Crippen LogP contribution in [0.15, 0.2) is 11.6 Å². The second-order valence-electron chi connectivity index (χ2n) is 3.39. The first-order valence-corrected chi connectivity index (χ1v) is 6.44. The molecule has 0 aliphatic heterocycles. The van der Waals surface area contributed by atoms with Gasteiger partial charge in [-0.05, 0) is 19.0 Å². The van der Waals surface area contributed by atoms with Crippen molar-refractivity contribution in [1.29, 1.82) is 0 Å². The van der Waals surface area contributed by atoms with Gasteiger partial charge in [0.05, 0.1) is 0 Å². The predicted molar refractivity (Wildman–Crippen MR) is 74.1 cm³/mol. The van der Waals surface area contributed by atoms with Gasteiger partial charge in [-0.25, -0.2) is 4.79 Å². The zero-order valence-electron chi connectivity index (χ0n) is 10.9. The smallest absolute Gasteiger partial charge is 0.331 e. The molecule has 1 atom stereocenters. The maximum absolute atomic E-state index is 10.8. The van der Waals surface area contributed by atoms with E-state index in [0.29, 0.717) is 0 Å². The number of carbonyl (C=O) groups is 1. The number of hydrogen-bond donors (Lipinski definition) is 1. The summed E-state index contributed by atoms with van der Waals surface area (Å²) in [4.78, 5) is 10.8. The summed E-state index contributed by atoms with van der Waals surface area (Å²) in [5.41, 5.74) is 0.167. The summed E-state index contributed by atoms with van der Waals surface area (Å²) < 4.78 is 15.8. The Kier molecular flexibility index (Phi) is 9.73. The van der Waals surface area contributed by atoms with E-state index in [1.165, 1.54) is 27.2 Å². The lowest BCUT2D eigenvalue weighted by atomic mass is 10.1. The summed E-state index contributed by atoms with van der Waals surface area (Å²) in [6.07, 6.45) is 1.14. The van der Waals surface area contributed by atoms with E-state index in [2.05, 4.69) is 0 Å². The fourth-order valence-electron chi connectivity index (χ4n) is 1.54. The van der Waals surface area contributed by atoms with Crippen molar-refractivity contribution < 1.29 is 24.1 Å². The van der Waals surface area contributed by atoms with Crippen molar-refractivity contribution in [3.05, 3.63) is 11.6 Å². The number of carboxylic acids is 1. The van der Waals surface area contributed by atoms with Gasteiger partial charge in [0.2, 0.25) is 5.79 Å². The summed E-state index contributed by atoms with van der Waals surface area (Å²) in [5, 5.41) is 8.85. The van der Waals surface area contributed by atoms with Crippen molar-refractivity contribution in [3.63, 3.8) is 0 Å². The highest BCUT2D eigenvalue weighted by Crippen LogP contribution is 2.24. The highest BCUT2D eigenvalue weighted by atomic mass is 32.1. The summed E-state index contributed by atoms with van der Waals surface area (Å²) in [7, 11) is 5.40. The Labute approximate surface area is 112 Å². The number of methoxy groups -OCH3 is 3. The van der Waals surface area contributed by atoms with Gasteiger partial charge in [-0.15, -0.1) is 0 Å². The molecular weight excluding hydrogens is 260 g/mol. The van der Waals surface area contributed by atoms with Crippen LogP contribution in [0.5, 0.6) is 0 Å². The zero-order chi connectivity index (χ0) is 12.8. The van der Waals surface area contributed by atoms with Crippen LogP contribution < -0.4 is 0 Å². The second-order valence-corrected chi connectivity index (χ2v) is 4.21. The molecule has 0 saturated heterocycles. The van der Waals surface area contributed by atoms with Crippen molar-refractivity contribution in [2.75, 3.05) is 21.3 Å². The minimum Gasteiger partial charge on any atom is -0.478 e. The second kappa shape index (κ2) is 8.70. The van der Waals surface area contributed by atoms with Crippen LogP contribution in [-0.4, -0.2) is 54.5 Å². The molecule has 0 aromatic heterocycles. The van der Waals surface area contributed by atoms with Gasteiger partial charge in [-0.1, -0.05) is 0 Å². The minimum atomic E-state index is -1.13. The van der Waals surface area contributed by atoms with Crippen LogP contribution in [0.4, 0.5) is 0 Å². The first kappa shape index (κ1) is 19.0. The molecule has 0 spiro atoms. The number of hydrogen-bond acceptors (Lipinski definition) is 4. The van der Waals surface area contributed by atoms with Crippen LogP contribution >= 0.6 is 13.5 Å². The van der Waals surface area contributed by atoms with Crippen molar-refractivity contribution in [2.24, 2.45) is 0 Å². The van der Waals surface area contributed by atoms with Gasteiger partial charge < -0.3 is 19.3 Å². The highest BCUT2D eigenvalue weighted by molar-refractivity contribution is 7.59. The van der Waals surface area contributed by atoms with Gasteiger partial charge in [0, 0.05) is 37.1 Å². The third-order valence-electron chi connectivity index (χ3n) is 2.50. The predicted octanol–water partition coefficient (Wildman–Crippen LogP) is -0.0821. The van der Waals surface area contributed by atoms with Crippen molar-refractivity contribution in [2.45, 2.75) is 24.9 Å². The van der Waals surface area contributed by atoms with Gasteiger partial charge in [-0.3, -0.25) is 0 Å². The lowest BCUT2D eigenvalue weighted by molar-refractivity contribution is -0.228. The summed E-state index contributed by atoms with van der Waals surface area (Å²) >= 11 is 0. The van der Waals surface area contributed by atoms with Gasteiger partial charge in [0.15, 0.2) is 0 Å². The van der Waals surface area contributed by atoms with Gasteiger partial charge in [0.25, 0.3) is 0 Å². The number of ether oxygens (including phenoxy) is 3. The fourth-order valence-corrected chi connectivity index (χ4v) is 2.44. The van der Waals surface area contributed by atoms with E-state index < -0.39 is 11.8 Å². The molecule has 17 heavy (non-hydrogen) atoms. The van der Waals surface area contributed by atoms with E-state index in [1.807, 2.05) is 0 Å². The molecular formula is C10H22O5SSi. The zero-order valence-corrected chi connectivity index (χ0v) is 13.9. The molecule has 0 rings (SSSR count). The first-order chi connectivity index (χ1) is 7.47. The van der Waals surface area contributed by atoms with Crippen LogP contribution in [0, 0.1) is 0 Å². The van der Waals surface area contributed by atoms with Gasteiger partial charge >= 0.3 is 5.97 Å². The van der Waals surface area contributed by atoms with Crippen molar-refractivity contribution in [3.8, 4) is 0 Å². The minimum absolute atomic E-state index is 0. The molecule has 0 heterocycles. The van der Waals surface area contributed by atoms with E-state index >= 15 is 0 Å². The topological polar surface area (TPSA) is 65.0 Å². The summed E-state index contributed by atoms with van der Waals surface area (Å²) in [5.74, 6) is -2.12. The number of carboxylic acid groups (broad SMARTS) is 1. The van der Waals surface area contributed by atoms with Crippen LogP contribution in [-0.2, 0) is 19.0 Å². The normalized spacial score (nSPS) is 14.2. The standard InChI is InChI=1S/C10H20O5Si.H2S/c1-7(9(11)12)5-10(14-3,15-4)8(6-16)13-2;/h5,8H,6H2,1-4,16H3,(H,11,12);1H2. The van der Waals surface area contributed by atoms with Crippen molar-refractivity contribution >= 4 is 29.7 Å². The molecule has 1 N–H and O–H groups in total. The molecule has 0 radical (unpaired) electrons. The molecule has 7 heteroatoms. The first-order valence-electron chi connectivity index (χ1n) is 5.03. The summed E-state index contributed by atoms with van der Waals surface area (Å²) in [6.45, 7) is 1.49. The van der Waals surface area contributed by atoms with Crippen molar-refractivity contribution in [1.82, 2.24) is 0 Å². The van der Waals surface area contributed by atoms with E-state index in [-0.39, 0.29) is 25.2 Å². The van der Waals surface area contributed by atoms with E-state index in [1.54, 1.807) is 7.11 Å². The van der Waals surface area contributed by atoms with E-state index in [4.69, 9.17) is 19.3 Å². The van der Waals surface area contributed by atoms with Crippen LogP contribution in [0.2, 0.25) is 6.04 Å². The SMILES string of the molecule is COC(C[SiH3])C(C=C(C)C(=O)O)(OC)OC.S. The molecule has 102 valence electrons. The molecule has 0 bridgehead atoms. The number of rotatable bonds is 7. The Morgan fingerprint density at radius 1 is 1.41 bits per heavy atom. The maximum Gasteiger partial charge on any atom is 0.331 e. The van der Waals surface area contributed by atoms with Crippen LogP contribution in [0.25, 0.3) is 0 Å². The molecule has 5 nitrogen and oxygen atoms in total. The molecule has 0 aromatic carbocycles. The average Bonchev–Trinajstić information content (AvgIpc) is 2.28. The Hall–Kier alpha value is -0.343. The van der Waals surface area contributed by atoms with Gasteiger partial charge in [-0.2, -0.15) is 13.5 Å². The quantitative estimate of drug-likeness (QED) is 0.402. The Balaban J connectivity index is 0. The number of aliphatic carboxylic acids is 1. The lowest BCUT2D eigenvalue weighted by Gasteiger charge is -2.34. The third-order valence-corrected chi connectivity index (χ3v) is 3.24. The average molecular weight is 282 g/mol. The van der Waals surface area contributed by atoms with E-state index in [9.17, 15) is 4.79 Å². The maximum atomic E-state index is 10.8. The summed E-state index contributed by atoms with van der Waals surface area (Å²) in [6, 6.07) is 0.779. The van der Waals surface area contributed by atoms with Gasteiger partial charge in [0.1, 0.15) is 6.10 Å². The monoisotopic (exact) mass is 282 g/mol. The molecule has 0 amide bonds. The third kappa shape index (κ3) is 4.80. The Morgan fingerprint density at radius 2 is 1.88 bits per heavy atom. The molecule has 1 unspecified atom stereocenters. The Bertz CT molecular complexity index is 261. The van der Waals surface area contributed by atoms with Crippen LogP contribution in [0.1, 0.15) is 6.92 Å². The molecule has 0 saturated carbocycles. The molecule has 0 fully saturated rings. The molecule has 0 aliphatic rings. The molecule has 0 aliphatic carbocycles. The largest absolute Gasteiger partial charge is 0.478 e. The fraction of sp³-hybridized carbons (Fsp3) is 0.700. The Morgan fingerprint density at radius 3 is 2.12 bits per heavy atom. The highest BCUT2D eigenvalue weighted by Gasteiger charge is 2.37. The van der Waals surface area contributed by atoms with Crippen LogP contribution in [0.3, 0.4) is 0 Å². The molecule has 0 aromatic rings.